The van der Waals surface area contributed by atoms with Crippen molar-refractivity contribution in [3.05, 3.63) is 64.1 Å². The Morgan fingerprint density at radius 1 is 0.926 bits per heavy atom. The van der Waals surface area contributed by atoms with Gasteiger partial charge in [0.05, 0.1) is 70.5 Å². The first kappa shape index (κ1) is 55.6. The van der Waals surface area contributed by atoms with Gasteiger partial charge in [-0.1, -0.05) is 70.9 Å². The number of thiazole rings is 1. The molecule has 0 spiro atoms. The van der Waals surface area contributed by atoms with E-state index >= 15 is 0 Å². The fourth-order valence-electron chi connectivity index (χ4n) is 8.33. The lowest BCUT2D eigenvalue weighted by atomic mass is 9.83. The maximum Gasteiger partial charge on any atom is 0.303 e. The third-order valence-electron chi connectivity index (χ3n) is 12.5. The number of nitrogens with zero attached hydrogens (tertiary/aromatic N) is 5. The molecule has 6 atom stereocenters. The number of benzene rings is 1. The molecule has 0 bridgehead atoms. The number of amides is 4. The molecule has 1 fully saturated rings. The van der Waals surface area contributed by atoms with Crippen LogP contribution >= 0.6 is 11.3 Å². The summed E-state index contributed by atoms with van der Waals surface area (Å²) in [5.74, 6) is -2.44. The quantitative estimate of drug-likeness (QED) is 0.0460. The third kappa shape index (κ3) is 17.2. The summed E-state index contributed by atoms with van der Waals surface area (Å²) >= 11 is 1.18. The van der Waals surface area contributed by atoms with Crippen LogP contribution in [0.4, 0.5) is 0 Å². The number of carbonyl (C=O) groups excluding carboxylic acids is 7. The van der Waals surface area contributed by atoms with Gasteiger partial charge in [-0.2, -0.15) is 0 Å². The summed E-state index contributed by atoms with van der Waals surface area (Å²) in [5, 5.41) is 4.98. The maximum atomic E-state index is 14.4. The van der Waals surface area contributed by atoms with E-state index in [4.69, 9.17) is 18.9 Å². The Morgan fingerprint density at radius 2 is 1.57 bits per heavy atom. The number of aliphatic imine (C=N–C) groups is 1. The highest BCUT2D eigenvalue weighted by Gasteiger charge is 2.38. The van der Waals surface area contributed by atoms with Crippen LogP contribution in [0.1, 0.15) is 114 Å². The molecule has 2 aromatic rings. The van der Waals surface area contributed by atoms with Crippen LogP contribution in [0.5, 0.6) is 0 Å². The Kier molecular flexibility index (Phi) is 23.3. The van der Waals surface area contributed by atoms with Gasteiger partial charge >= 0.3 is 5.97 Å². The number of hydrogen-bond donors (Lipinski definition) is 1. The maximum absolute atomic E-state index is 14.4. The summed E-state index contributed by atoms with van der Waals surface area (Å²) in [6.45, 7) is 13.6. The molecule has 0 radical (unpaired) electrons. The van der Waals surface area contributed by atoms with Gasteiger partial charge in [-0.3, -0.25) is 48.4 Å². The molecule has 4 rings (SSSR count). The zero-order valence-corrected chi connectivity index (χ0v) is 41.9. The van der Waals surface area contributed by atoms with E-state index in [0.717, 1.165) is 42.7 Å². The number of hydrogen-bond acceptors (Lipinski definition) is 15. The monoisotopic (exact) mass is 964 g/mol. The van der Waals surface area contributed by atoms with E-state index in [0.29, 0.717) is 23.9 Å². The molecule has 1 N–H and O–H groups in total. The van der Waals surface area contributed by atoms with Gasteiger partial charge in [0.1, 0.15) is 10.7 Å². The molecule has 17 nitrogen and oxygen atoms in total. The number of ether oxygens (including phenoxy) is 4. The molecule has 0 aliphatic carbocycles. The summed E-state index contributed by atoms with van der Waals surface area (Å²) in [6, 6.07) is 8.06. The van der Waals surface area contributed by atoms with Crippen LogP contribution in [0.2, 0.25) is 0 Å². The van der Waals surface area contributed by atoms with Gasteiger partial charge in [0.2, 0.25) is 5.91 Å². The van der Waals surface area contributed by atoms with Gasteiger partial charge in [0.15, 0.2) is 17.7 Å². The second-order valence-corrected chi connectivity index (χ2v) is 18.8. The van der Waals surface area contributed by atoms with Crippen LogP contribution in [0.15, 0.2) is 52.9 Å². The predicted octanol–water partition coefficient (Wildman–Crippen LogP) is 5.27. The van der Waals surface area contributed by atoms with Crippen molar-refractivity contribution in [2.24, 2.45) is 22.7 Å². The number of Topliss-reactive ketones (excluding diaryl/α,β-unsaturated/α-hetero) is 2. The number of nitrogens with one attached hydrogen (secondary N) is 1. The van der Waals surface area contributed by atoms with E-state index in [1.807, 2.05) is 65.1 Å². The highest BCUT2D eigenvalue weighted by atomic mass is 32.1. The number of likely N-dealkylation sites (N-methyl/N-ethyl adjacent to an activating group) is 1. The first-order valence-electron chi connectivity index (χ1n) is 23.8. The van der Waals surface area contributed by atoms with Crippen molar-refractivity contribution in [1.82, 2.24) is 25.0 Å². The summed E-state index contributed by atoms with van der Waals surface area (Å²) in [4.78, 5) is 104. The van der Waals surface area contributed by atoms with Gasteiger partial charge in [-0.05, 0) is 50.8 Å². The molecule has 18 heteroatoms. The second-order valence-electron chi connectivity index (χ2n) is 17.9. The van der Waals surface area contributed by atoms with Crippen molar-refractivity contribution in [3.8, 4) is 0 Å². The summed E-state index contributed by atoms with van der Waals surface area (Å²) in [6.07, 6.45) is 5.74. The molecule has 4 amide bonds. The first-order chi connectivity index (χ1) is 32.5. The smallest absolute Gasteiger partial charge is 0.303 e. The van der Waals surface area contributed by atoms with Crippen molar-refractivity contribution in [3.63, 3.8) is 0 Å². The number of imide groups is 1. The average Bonchev–Trinajstić information content (AvgIpc) is 3.94. The Morgan fingerprint density at radius 3 is 2.19 bits per heavy atom. The fraction of sp³-hybridized carbons (Fsp3) is 0.620. The molecule has 68 heavy (non-hydrogen) atoms. The number of piperidine rings is 1. The van der Waals surface area contributed by atoms with E-state index in [-0.39, 0.29) is 118 Å². The average molecular weight is 965 g/mol. The number of rotatable bonds is 30. The Hall–Kier alpha value is -5.01. The van der Waals surface area contributed by atoms with E-state index in [1.165, 1.54) is 30.4 Å². The molecule has 1 aromatic carbocycles. The normalized spacial score (nSPS) is 17.8. The van der Waals surface area contributed by atoms with Gasteiger partial charge in [0.25, 0.3) is 17.7 Å². The van der Waals surface area contributed by atoms with Crippen molar-refractivity contribution in [2.75, 3.05) is 73.4 Å². The summed E-state index contributed by atoms with van der Waals surface area (Å²) < 4.78 is 22.3. The Balaban J connectivity index is 1.32. The van der Waals surface area contributed by atoms with Crippen LogP contribution in [0.25, 0.3) is 0 Å². The standard InChI is InChI=1S/C50H72N6O11S/c1-9-34(4)39(29-43(59)41-17-13-14-21-54(41)7)50(63)55(8)42(33(2)3)30-44(67-36(6)57)49-53-40(32-68-49)48(62)52-35(5)47(37-15-11-10-12-16-37)51-31-38(58)20-23-64-25-27-66-28-26-65-24-22-56-45(60)18-19-46(56)61/h10-12,15-16,18-19,32-35,39,41-42,44H,9,13-14,17,20-31H2,1-8H3,(H,52,62)/t34-,35+,39-,41?,42+,44+/m0/s1. The van der Waals surface area contributed by atoms with Crippen molar-refractivity contribution >= 4 is 58.2 Å². The van der Waals surface area contributed by atoms with Gasteiger partial charge in [-0.25, -0.2) is 4.98 Å². The molecule has 1 unspecified atom stereocenters. The molecular formula is C50H72N6O11S. The van der Waals surface area contributed by atoms with Crippen LogP contribution in [-0.4, -0.2) is 158 Å². The lowest BCUT2D eigenvalue weighted by Gasteiger charge is -2.37. The zero-order chi connectivity index (χ0) is 49.8. The Labute approximate surface area is 405 Å². The second kappa shape index (κ2) is 28.5. The predicted molar refractivity (Wildman–Crippen MR) is 258 cm³/mol. The molecule has 2 aliphatic heterocycles. The largest absolute Gasteiger partial charge is 0.455 e. The minimum absolute atomic E-state index is 0.0214. The lowest BCUT2D eigenvalue weighted by molar-refractivity contribution is -0.149. The highest BCUT2D eigenvalue weighted by Crippen LogP contribution is 2.33. The fourth-order valence-corrected chi connectivity index (χ4v) is 9.17. The minimum Gasteiger partial charge on any atom is -0.455 e. The Bertz CT molecular complexity index is 2040. The number of ketones is 2. The van der Waals surface area contributed by atoms with E-state index in [1.54, 1.807) is 24.3 Å². The number of aromatic nitrogens is 1. The van der Waals surface area contributed by atoms with E-state index < -0.39 is 29.9 Å². The van der Waals surface area contributed by atoms with Crippen molar-refractivity contribution in [2.45, 2.75) is 111 Å². The topological polar surface area (TPSA) is 203 Å². The van der Waals surface area contributed by atoms with Crippen molar-refractivity contribution < 1.29 is 52.5 Å². The molecule has 0 saturated carbocycles. The molecule has 374 valence electrons. The van der Waals surface area contributed by atoms with Gasteiger partial charge in [0, 0.05) is 62.7 Å². The summed E-state index contributed by atoms with van der Waals surface area (Å²) in [5.41, 5.74) is 1.35. The molecule has 3 heterocycles. The highest BCUT2D eigenvalue weighted by molar-refractivity contribution is 7.09. The van der Waals surface area contributed by atoms with Gasteiger partial charge < -0.3 is 29.2 Å². The SMILES string of the molecule is CC[C@H](C)[C@H](CC(=O)C1CCCCN1C)C(=O)N(C)[C@H](C[C@@H](OC(C)=O)c1nc(C(=O)N[C@H](C)C(=NCC(=O)CCOCCOCCOCCN2C(=O)C=CC2=O)c2ccccc2)cs1)C(C)C. The zero-order valence-electron chi connectivity index (χ0n) is 41.1. The molecule has 2 aliphatic rings. The lowest BCUT2D eigenvalue weighted by Crippen LogP contribution is -2.48. The number of carbonyl (C=O) groups is 7. The van der Waals surface area contributed by atoms with Crippen molar-refractivity contribution in [1.29, 1.82) is 0 Å². The van der Waals surface area contributed by atoms with E-state index in [2.05, 4.69) is 20.2 Å². The minimum atomic E-state index is -0.848. The number of likely N-dealkylation sites (tertiary alicyclic amines) is 1. The van der Waals surface area contributed by atoms with Crippen LogP contribution in [-0.2, 0) is 47.7 Å². The van der Waals surface area contributed by atoms with Crippen LogP contribution in [0, 0.1) is 17.8 Å². The van der Waals surface area contributed by atoms with Crippen LogP contribution in [0.3, 0.4) is 0 Å². The molecule has 1 saturated heterocycles. The van der Waals surface area contributed by atoms with Gasteiger partial charge in [-0.15, -0.1) is 11.3 Å². The molecule has 1 aromatic heterocycles. The van der Waals surface area contributed by atoms with E-state index in [9.17, 15) is 33.6 Å². The molecular weight excluding hydrogens is 893 g/mol. The first-order valence-corrected chi connectivity index (χ1v) is 24.7. The summed E-state index contributed by atoms with van der Waals surface area (Å²) in [7, 11) is 3.73. The third-order valence-corrected chi connectivity index (χ3v) is 13.4. The number of esters is 1. The van der Waals surface area contributed by atoms with Crippen LogP contribution < -0.4 is 5.32 Å².